The SMILES string of the molecule is CC(Nc1ccc(C(F)(F)F)cn1)C1CCC1. The molecule has 1 aliphatic rings. The minimum atomic E-state index is -4.31. The maximum Gasteiger partial charge on any atom is 0.417 e. The van der Waals surface area contributed by atoms with Gasteiger partial charge >= 0.3 is 6.18 Å². The monoisotopic (exact) mass is 244 g/mol. The lowest BCUT2D eigenvalue weighted by Gasteiger charge is -2.32. The molecule has 1 fully saturated rings. The topological polar surface area (TPSA) is 24.9 Å². The van der Waals surface area contributed by atoms with E-state index in [1.54, 1.807) is 0 Å². The number of rotatable bonds is 3. The predicted molar refractivity (Wildman–Crippen MR) is 59.7 cm³/mol. The highest BCUT2D eigenvalue weighted by Crippen LogP contribution is 2.31. The number of nitrogens with one attached hydrogen (secondary N) is 1. The summed E-state index contributed by atoms with van der Waals surface area (Å²) < 4.78 is 36.9. The van der Waals surface area contributed by atoms with Gasteiger partial charge in [0.15, 0.2) is 0 Å². The van der Waals surface area contributed by atoms with Gasteiger partial charge in [0.1, 0.15) is 5.82 Å². The van der Waals surface area contributed by atoms with Crippen LogP contribution in [-0.4, -0.2) is 11.0 Å². The van der Waals surface area contributed by atoms with Crippen LogP contribution in [0.5, 0.6) is 0 Å². The highest BCUT2D eigenvalue weighted by Gasteiger charge is 2.31. The maximum absolute atomic E-state index is 12.3. The van der Waals surface area contributed by atoms with Crippen LogP contribution in [-0.2, 0) is 6.18 Å². The van der Waals surface area contributed by atoms with E-state index in [4.69, 9.17) is 0 Å². The molecule has 1 aromatic rings. The second-order valence-electron chi connectivity index (χ2n) is 4.55. The summed E-state index contributed by atoms with van der Waals surface area (Å²) in [6, 6.07) is 2.72. The number of halogens is 3. The van der Waals surface area contributed by atoms with Gasteiger partial charge in [0, 0.05) is 12.2 Å². The van der Waals surface area contributed by atoms with E-state index >= 15 is 0 Å². The number of anilines is 1. The van der Waals surface area contributed by atoms with E-state index in [9.17, 15) is 13.2 Å². The standard InChI is InChI=1S/C12H15F3N2/c1-8(9-3-2-4-9)17-11-6-5-10(7-16-11)12(13,14)15/h5-9H,2-4H2,1H3,(H,16,17). The minimum Gasteiger partial charge on any atom is -0.367 e. The molecule has 1 aromatic heterocycles. The molecule has 2 rings (SSSR count). The molecule has 0 bridgehead atoms. The van der Waals surface area contributed by atoms with Gasteiger partial charge in [0.05, 0.1) is 5.56 Å². The van der Waals surface area contributed by atoms with Crippen molar-refractivity contribution < 1.29 is 13.2 Å². The van der Waals surface area contributed by atoms with Crippen LogP contribution < -0.4 is 5.32 Å². The molecule has 0 radical (unpaired) electrons. The lowest BCUT2D eigenvalue weighted by atomic mass is 9.80. The first-order valence-electron chi connectivity index (χ1n) is 5.76. The van der Waals surface area contributed by atoms with Crippen molar-refractivity contribution in [1.29, 1.82) is 0 Å². The van der Waals surface area contributed by atoms with Crippen LogP contribution in [0.4, 0.5) is 19.0 Å². The summed E-state index contributed by atoms with van der Waals surface area (Å²) in [5.74, 6) is 1.14. The Morgan fingerprint density at radius 3 is 2.47 bits per heavy atom. The van der Waals surface area contributed by atoms with Gasteiger partial charge in [-0.15, -0.1) is 0 Å². The average molecular weight is 244 g/mol. The lowest BCUT2D eigenvalue weighted by Crippen LogP contribution is -2.31. The Kier molecular flexibility index (Phi) is 3.26. The number of nitrogens with zero attached hydrogens (tertiary/aromatic N) is 1. The number of hydrogen-bond donors (Lipinski definition) is 1. The highest BCUT2D eigenvalue weighted by molar-refractivity contribution is 5.37. The van der Waals surface area contributed by atoms with E-state index in [2.05, 4.69) is 10.3 Å². The molecule has 0 saturated heterocycles. The van der Waals surface area contributed by atoms with Gasteiger partial charge in [-0.1, -0.05) is 6.42 Å². The normalized spacial score (nSPS) is 18.6. The Labute approximate surface area is 98.2 Å². The largest absolute Gasteiger partial charge is 0.417 e. The Morgan fingerprint density at radius 1 is 1.35 bits per heavy atom. The highest BCUT2D eigenvalue weighted by atomic mass is 19.4. The van der Waals surface area contributed by atoms with Crippen molar-refractivity contribution in [1.82, 2.24) is 4.98 Å². The number of aromatic nitrogens is 1. The number of pyridine rings is 1. The fourth-order valence-electron chi connectivity index (χ4n) is 1.94. The Bertz CT molecular complexity index is 368. The average Bonchev–Trinajstić information content (AvgIpc) is 2.13. The molecular weight excluding hydrogens is 229 g/mol. The molecular formula is C12H15F3N2. The van der Waals surface area contributed by atoms with E-state index in [-0.39, 0.29) is 6.04 Å². The zero-order valence-corrected chi connectivity index (χ0v) is 9.59. The van der Waals surface area contributed by atoms with Gasteiger partial charge in [-0.2, -0.15) is 13.2 Å². The fraction of sp³-hybridized carbons (Fsp3) is 0.583. The van der Waals surface area contributed by atoms with Crippen LogP contribution in [0.25, 0.3) is 0 Å². The molecule has 0 aliphatic heterocycles. The molecule has 1 aliphatic carbocycles. The second kappa shape index (κ2) is 4.55. The summed E-state index contributed by atoms with van der Waals surface area (Å²) in [7, 11) is 0. The molecule has 0 amide bonds. The molecule has 1 heterocycles. The zero-order chi connectivity index (χ0) is 12.5. The molecule has 0 aromatic carbocycles. The first kappa shape index (κ1) is 12.2. The van der Waals surface area contributed by atoms with Crippen molar-refractivity contribution in [3.05, 3.63) is 23.9 Å². The third-order valence-electron chi connectivity index (χ3n) is 3.32. The quantitative estimate of drug-likeness (QED) is 0.876. The van der Waals surface area contributed by atoms with E-state index < -0.39 is 11.7 Å². The zero-order valence-electron chi connectivity index (χ0n) is 9.59. The summed E-state index contributed by atoms with van der Waals surface area (Å²) in [4.78, 5) is 3.79. The van der Waals surface area contributed by atoms with E-state index in [0.29, 0.717) is 11.7 Å². The summed E-state index contributed by atoms with van der Waals surface area (Å²) in [5.41, 5.74) is -0.709. The molecule has 1 atom stereocenters. The fourth-order valence-corrected chi connectivity index (χ4v) is 1.94. The van der Waals surface area contributed by atoms with Gasteiger partial charge in [-0.05, 0) is 37.8 Å². The van der Waals surface area contributed by atoms with Crippen LogP contribution in [0.1, 0.15) is 31.7 Å². The summed E-state index contributed by atoms with van der Waals surface area (Å²) >= 11 is 0. The Morgan fingerprint density at radius 2 is 2.06 bits per heavy atom. The van der Waals surface area contributed by atoms with Crippen LogP contribution in [0.2, 0.25) is 0 Å². The summed E-state index contributed by atoms with van der Waals surface area (Å²) in [6.07, 6.45) is 0.182. The van der Waals surface area contributed by atoms with Crippen LogP contribution in [0, 0.1) is 5.92 Å². The Balaban J connectivity index is 1.98. The Hall–Kier alpha value is -1.26. The van der Waals surface area contributed by atoms with Crippen molar-refractivity contribution in [2.75, 3.05) is 5.32 Å². The molecule has 5 heteroatoms. The van der Waals surface area contributed by atoms with Gasteiger partial charge in [0.25, 0.3) is 0 Å². The minimum absolute atomic E-state index is 0.271. The van der Waals surface area contributed by atoms with Gasteiger partial charge < -0.3 is 5.32 Å². The third-order valence-corrected chi connectivity index (χ3v) is 3.32. The predicted octanol–water partition coefficient (Wildman–Crippen LogP) is 3.70. The molecule has 1 N–H and O–H groups in total. The maximum atomic E-state index is 12.3. The molecule has 1 saturated carbocycles. The lowest BCUT2D eigenvalue weighted by molar-refractivity contribution is -0.137. The van der Waals surface area contributed by atoms with Crippen molar-refractivity contribution in [3.8, 4) is 0 Å². The van der Waals surface area contributed by atoms with E-state index in [0.717, 1.165) is 12.3 Å². The van der Waals surface area contributed by atoms with Gasteiger partial charge in [0.2, 0.25) is 0 Å². The van der Waals surface area contributed by atoms with Crippen molar-refractivity contribution in [3.63, 3.8) is 0 Å². The summed E-state index contributed by atoms with van der Waals surface area (Å²) in [5, 5.41) is 3.14. The van der Waals surface area contributed by atoms with Gasteiger partial charge in [-0.3, -0.25) is 0 Å². The first-order chi connectivity index (χ1) is 7.97. The molecule has 17 heavy (non-hydrogen) atoms. The first-order valence-corrected chi connectivity index (χ1v) is 5.76. The molecule has 2 nitrogen and oxygen atoms in total. The van der Waals surface area contributed by atoms with Crippen LogP contribution >= 0.6 is 0 Å². The van der Waals surface area contributed by atoms with E-state index in [1.807, 2.05) is 6.92 Å². The second-order valence-corrected chi connectivity index (χ2v) is 4.55. The van der Waals surface area contributed by atoms with E-state index in [1.165, 1.54) is 25.3 Å². The third kappa shape index (κ3) is 2.90. The molecule has 0 spiro atoms. The number of alkyl halides is 3. The van der Waals surface area contributed by atoms with Crippen LogP contribution in [0.15, 0.2) is 18.3 Å². The summed E-state index contributed by atoms with van der Waals surface area (Å²) in [6.45, 7) is 2.04. The van der Waals surface area contributed by atoms with Crippen LogP contribution in [0.3, 0.4) is 0 Å². The molecule has 1 unspecified atom stereocenters. The van der Waals surface area contributed by atoms with Gasteiger partial charge in [-0.25, -0.2) is 4.98 Å². The van der Waals surface area contributed by atoms with Crippen molar-refractivity contribution >= 4 is 5.82 Å². The smallest absolute Gasteiger partial charge is 0.367 e. The number of hydrogen-bond acceptors (Lipinski definition) is 2. The van der Waals surface area contributed by atoms with Crippen molar-refractivity contribution in [2.45, 2.75) is 38.4 Å². The molecule has 94 valence electrons. The van der Waals surface area contributed by atoms with Crippen molar-refractivity contribution in [2.24, 2.45) is 5.92 Å².